The number of fused-ring (bicyclic) bond motifs is 3. The molecule has 1 saturated heterocycles. The van der Waals surface area contributed by atoms with Gasteiger partial charge in [0, 0.05) is 11.5 Å². The summed E-state index contributed by atoms with van der Waals surface area (Å²) >= 11 is 0. The lowest BCUT2D eigenvalue weighted by Gasteiger charge is -2.23. The van der Waals surface area contributed by atoms with Crippen molar-refractivity contribution >= 4 is 0 Å². The van der Waals surface area contributed by atoms with Gasteiger partial charge in [0.1, 0.15) is 5.82 Å². The predicted molar refractivity (Wildman–Crippen MR) is 66.1 cm³/mol. The normalized spacial score (nSPS) is 28.4. The Kier molecular flexibility index (Phi) is 2.28. The molecule has 4 rings (SSSR count). The second-order valence-electron chi connectivity index (χ2n) is 5.13. The third-order valence-electron chi connectivity index (χ3n) is 4.07. The van der Waals surface area contributed by atoms with Crippen LogP contribution in [-0.2, 0) is 4.74 Å². The molecule has 19 heavy (non-hydrogen) atoms. The molecule has 0 spiro atoms. The van der Waals surface area contributed by atoms with E-state index in [4.69, 9.17) is 4.74 Å². The number of benzene rings is 1. The third kappa shape index (κ3) is 1.49. The highest BCUT2D eigenvalue weighted by Gasteiger charge is 2.40. The van der Waals surface area contributed by atoms with Crippen LogP contribution in [0.5, 0.6) is 0 Å². The Labute approximate surface area is 109 Å². The Morgan fingerprint density at radius 2 is 2.26 bits per heavy atom. The molecule has 3 heterocycles. The van der Waals surface area contributed by atoms with Crippen molar-refractivity contribution in [3.63, 3.8) is 0 Å². The minimum atomic E-state index is -0.490. The summed E-state index contributed by atoms with van der Waals surface area (Å²) in [6, 6.07) is 4.78. The van der Waals surface area contributed by atoms with Gasteiger partial charge in [0.05, 0.1) is 43.6 Å². The van der Waals surface area contributed by atoms with E-state index in [1.54, 1.807) is 18.6 Å². The number of rotatable bonds is 1. The van der Waals surface area contributed by atoms with Crippen molar-refractivity contribution in [1.82, 2.24) is 9.55 Å². The number of hydrogen-bond donors (Lipinski definition) is 1. The summed E-state index contributed by atoms with van der Waals surface area (Å²) < 4.78 is 20.8. The molecule has 3 atom stereocenters. The van der Waals surface area contributed by atoms with Crippen LogP contribution in [0.2, 0.25) is 0 Å². The molecule has 2 aromatic rings. The first-order chi connectivity index (χ1) is 9.25. The van der Waals surface area contributed by atoms with E-state index in [1.807, 2.05) is 4.57 Å². The second kappa shape index (κ2) is 3.88. The maximum absolute atomic E-state index is 13.4. The van der Waals surface area contributed by atoms with Gasteiger partial charge in [0.25, 0.3) is 0 Å². The monoisotopic (exact) mass is 260 g/mol. The van der Waals surface area contributed by atoms with E-state index in [1.165, 1.54) is 12.1 Å². The van der Waals surface area contributed by atoms with Crippen LogP contribution in [0, 0.1) is 11.7 Å². The van der Waals surface area contributed by atoms with Crippen LogP contribution in [0.15, 0.2) is 30.7 Å². The first-order valence-electron chi connectivity index (χ1n) is 6.33. The van der Waals surface area contributed by atoms with Crippen LogP contribution in [0.4, 0.5) is 4.39 Å². The SMILES string of the molecule is O[C@@H]1COC[C@H]1[C@@H]1c2ccc(F)cc2-c2cncn21. The van der Waals surface area contributed by atoms with Crippen LogP contribution in [0.25, 0.3) is 11.3 Å². The van der Waals surface area contributed by atoms with Crippen LogP contribution >= 0.6 is 0 Å². The maximum Gasteiger partial charge on any atom is 0.123 e. The highest BCUT2D eigenvalue weighted by atomic mass is 19.1. The molecule has 0 saturated carbocycles. The molecule has 2 aliphatic rings. The Morgan fingerprint density at radius 3 is 3.05 bits per heavy atom. The minimum Gasteiger partial charge on any atom is -0.390 e. The molecule has 1 fully saturated rings. The molecule has 4 nitrogen and oxygen atoms in total. The van der Waals surface area contributed by atoms with Gasteiger partial charge < -0.3 is 14.4 Å². The quantitative estimate of drug-likeness (QED) is 0.847. The topological polar surface area (TPSA) is 47.3 Å². The van der Waals surface area contributed by atoms with E-state index < -0.39 is 6.10 Å². The van der Waals surface area contributed by atoms with Gasteiger partial charge in [-0.05, 0) is 17.7 Å². The number of ether oxygens (including phenoxy) is 1. The molecule has 1 N–H and O–H groups in total. The zero-order chi connectivity index (χ0) is 13.0. The zero-order valence-electron chi connectivity index (χ0n) is 10.2. The molecule has 2 aliphatic heterocycles. The average molecular weight is 260 g/mol. The largest absolute Gasteiger partial charge is 0.390 e. The Morgan fingerprint density at radius 1 is 1.37 bits per heavy atom. The summed E-state index contributed by atoms with van der Waals surface area (Å²) in [7, 11) is 0. The summed E-state index contributed by atoms with van der Waals surface area (Å²) in [6.45, 7) is 0.877. The molecule has 0 radical (unpaired) electrons. The number of aliphatic hydroxyl groups excluding tert-OH is 1. The van der Waals surface area contributed by atoms with Crippen molar-refractivity contribution in [1.29, 1.82) is 0 Å². The number of aliphatic hydroxyl groups is 1. The highest BCUT2D eigenvalue weighted by molar-refractivity contribution is 5.69. The highest BCUT2D eigenvalue weighted by Crippen LogP contribution is 2.45. The Balaban J connectivity index is 1.89. The van der Waals surface area contributed by atoms with Crippen molar-refractivity contribution in [3.05, 3.63) is 42.1 Å². The van der Waals surface area contributed by atoms with Crippen molar-refractivity contribution in [3.8, 4) is 11.3 Å². The van der Waals surface area contributed by atoms with Gasteiger partial charge in [-0.3, -0.25) is 0 Å². The van der Waals surface area contributed by atoms with Gasteiger partial charge in [0.15, 0.2) is 0 Å². The molecule has 5 heteroatoms. The fourth-order valence-corrected chi connectivity index (χ4v) is 3.19. The van der Waals surface area contributed by atoms with E-state index in [2.05, 4.69) is 4.98 Å². The fourth-order valence-electron chi connectivity index (χ4n) is 3.19. The Hall–Kier alpha value is -1.72. The lowest BCUT2D eigenvalue weighted by molar-refractivity contribution is 0.111. The summed E-state index contributed by atoms with van der Waals surface area (Å²) in [5, 5.41) is 10.1. The van der Waals surface area contributed by atoms with E-state index in [0.29, 0.717) is 13.2 Å². The first-order valence-corrected chi connectivity index (χ1v) is 6.33. The molecule has 0 unspecified atom stereocenters. The summed E-state index contributed by atoms with van der Waals surface area (Å²) in [6.07, 6.45) is 2.99. The molecule has 1 aromatic carbocycles. The average Bonchev–Trinajstić information content (AvgIpc) is 3.05. The van der Waals surface area contributed by atoms with Gasteiger partial charge >= 0.3 is 0 Å². The molecule has 1 aromatic heterocycles. The number of hydrogen-bond acceptors (Lipinski definition) is 3. The van der Waals surface area contributed by atoms with Gasteiger partial charge in [-0.1, -0.05) is 6.07 Å². The number of aromatic nitrogens is 2. The molecule has 98 valence electrons. The van der Waals surface area contributed by atoms with Crippen molar-refractivity contribution in [2.75, 3.05) is 13.2 Å². The van der Waals surface area contributed by atoms with Gasteiger partial charge in [-0.15, -0.1) is 0 Å². The van der Waals surface area contributed by atoms with Gasteiger partial charge in [0.2, 0.25) is 0 Å². The van der Waals surface area contributed by atoms with Crippen LogP contribution in [0.3, 0.4) is 0 Å². The number of imidazole rings is 1. The summed E-state index contributed by atoms with van der Waals surface area (Å²) in [5.41, 5.74) is 2.80. The van der Waals surface area contributed by atoms with Crippen LogP contribution in [-0.4, -0.2) is 34.0 Å². The van der Waals surface area contributed by atoms with Crippen molar-refractivity contribution in [2.24, 2.45) is 5.92 Å². The lowest BCUT2D eigenvalue weighted by Crippen LogP contribution is -2.27. The maximum atomic E-state index is 13.4. The van der Waals surface area contributed by atoms with E-state index in [0.717, 1.165) is 16.8 Å². The molecular weight excluding hydrogens is 247 g/mol. The Bertz CT molecular complexity index is 640. The van der Waals surface area contributed by atoms with Gasteiger partial charge in [-0.25, -0.2) is 9.37 Å². The third-order valence-corrected chi connectivity index (χ3v) is 4.07. The van der Waals surface area contributed by atoms with Crippen LogP contribution in [0.1, 0.15) is 11.6 Å². The van der Waals surface area contributed by atoms with Crippen LogP contribution < -0.4 is 0 Å². The number of halogens is 1. The number of nitrogens with zero attached hydrogens (tertiary/aromatic N) is 2. The van der Waals surface area contributed by atoms with Crippen molar-refractivity contribution < 1.29 is 14.2 Å². The molecule has 0 bridgehead atoms. The van der Waals surface area contributed by atoms with E-state index >= 15 is 0 Å². The first kappa shape index (κ1) is 11.1. The minimum absolute atomic E-state index is 0.0142. The smallest absolute Gasteiger partial charge is 0.123 e. The standard InChI is InChI=1S/C14H13FN2O2/c15-8-1-2-9-10(3-8)12-4-16-7-17(12)14(9)11-5-19-6-13(11)18/h1-4,7,11,13-14,18H,5-6H2/t11-,13-,14+/m1/s1. The lowest BCUT2D eigenvalue weighted by atomic mass is 9.90. The fraction of sp³-hybridized carbons (Fsp3) is 0.357. The second-order valence-corrected chi connectivity index (χ2v) is 5.13. The zero-order valence-corrected chi connectivity index (χ0v) is 10.2. The van der Waals surface area contributed by atoms with E-state index in [-0.39, 0.29) is 17.8 Å². The molecular formula is C14H13FN2O2. The predicted octanol–water partition coefficient (Wildman–Crippen LogP) is 1.60. The summed E-state index contributed by atoms with van der Waals surface area (Å²) in [5.74, 6) is -0.268. The van der Waals surface area contributed by atoms with E-state index in [9.17, 15) is 9.50 Å². The van der Waals surface area contributed by atoms with Crippen molar-refractivity contribution in [2.45, 2.75) is 12.1 Å². The molecule has 0 aliphatic carbocycles. The summed E-state index contributed by atoms with van der Waals surface area (Å²) in [4.78, 5) is 4.14. The van der Waals surface area contributed by atoms with Gasteiger partial charge in [-0.2, -0.15) is 0 Å². The molecule has 0 amide bonds.